The number of rotatable bonds is 6. The second-order valence-electron chi connectivity index (χ2n) is 2.83. The molecule has 6 nitrogen and oxygen atoms in total. The van der Waals surface area contributed by atoms with E-state index in [1.165, 1.54) is 12.1 Å². The van der Waals surface area contributed by atoms with Crippen LogP contribution >= 0.6 is 20.0 Å². The van der Waals surface area contributed by atoms with Crippen molar-refractivity contribution >= 4 is 30.1 Å². The molecular formula is C8H9FO6PS2+. The fourth-order valence-corrected chi connectivity index (χ4v) is 3.26. The van der Waals surface area contributed by atoms with Crippen LogP contribution in [0.3, 0.4) is 0 Å². The highest BCUT2D eigenvalue weighted by molar-refractivity contribution is 7.99. The van der Waals surface area contributed by atoms with Gasteiger partial charge in [-0.1, -0.05) is 10.6 Å². The van der Waals surface area contributed by atoms with E-state index in [9.17, 15) is 17.4 Å². The number of halogens is 1. The highest BCUT2D eigenvalue weighted by atomic mass is 32.2. The maximum Gasteiger partial charge on any atom is 0.697 e. The summed E-state index contributed by atoms with van der Waals surface area (Å²) in [5.41, 5.74) is 0. The van der Waals surface area contributed by atoms with Gasteiger partial charge in [-0.25, -0.2) is 8.57 Å². The van der Waals surface area contributed by atoms with Gasteiger partial charge in [0.2, 0.25) is 6.79 Å². The molecule has 0 heterocycles. The summed E-state index contributed by atoms with van der Waals surface area (Å²) in [4.78, 5) is 7.86. The van der Waals surface area contributed by atoms with Crippen LogP contribution in [0.1, 0.15) is 0 Å². The maximum absolute atomic E-state index is 13.5. The highest BCUT2D eigenvalue weighted by Gasteiger charge is 2.26. The Bertz CT molecular complexity index is 547. The second kappa shape index (κ2) is 6.55. The Kier molecular flexibility index (Phi) is 5.64. The number of benzene rings is 1. The van der Waals surface area contributed by atoms with E-state index in [0.29, 0.717) is 0 Å². The number of thioether (sulfide) groups is 1. The first-order chi connectivity index (χ1) is 8.38. The van der Waals surface area contributed by atoms with E-state index in [1.54, 1.807) is 6.26 Å². The molecule has 0 radical (unpaired) electrons. The quantitative estimate of drug-likeness (QED) is 0.371. The zero-order chi connectivity index (χ0) is 13.8. The molecule has 0 saturated heterocycles. The van der Waals surface area contributed by atoms with Crippen LogP contribution in [-0.4, -0.2) is 26.4 Å². The van der Waals surface area contributed by atoms with Crippen molar-refractivity contribution in [2.75, 3.05) is 13.0 Å². The van der Waals surface area contributed by atoms with Crippen molar-refractivity contribution < 1.29 is 31.0 Å². The summed E-state index contributed by atoms with van der Waals surface area (Å²) in [6.07, 6.45) is 1.58. The molecule has 0 bridgehead atoms. The van der Waals surface area contributed by atoms with Crippen LogP contribution < -0.4 is 0 Å². The third kappa shape index (κ3) is 3.98. The van der Waals surface area contributed by atoms with Gasteiger partial charge >= 0.3 is 18.4 Å². The Morgan fingerprint density at radius 2 is 2.17 bits per heavy atom. The van der Waals surface area contributed by atoms with Gasteiger partial charge in [0.05, 0.1) is 0 Å². The van der Waals surface area contributed by atoms with E-state index in [-0.39, 0.29) is 4.90 Å². The standard InChI is InChI=1S/C8H8FO6PS2/c1-17-7-4-2-3-6(9)8(7)18(12,13)15-5-14-16(10)11/h2-4H,5H2,1H3/p+1. The average molecular weight is 315 g/mol. The lowest BCUT2D eigenvalue weighted by Crippen LogP contribution is -2.11. The lowest BCUT2D eigenvalue weighted by Gasteiger charge is -2.08. The average Bonchev–Trinajstić information content (AvgIpc) is 2.27. The molecule has 0 saturated carbocycles. The first-order valence-corrected chi connectivity index (χ1v) is 8.16. The normalized spacial score (nSPS) is 12.5. The van der Waals surface area contributed by atoms with Gasteiger partial charge in [0.15, 0.2) is 0 Å². The van der Waals surface area contributed by atoms with E-state index in [2.05, 4.69) is 8.71 Å². The lowest BCUT2D eigenvalue weighted by molar-refractivity contribution is 0.120. The topological polar surface area (TPSA) is 89.9 Å². The largest absolute Gasteiger partial charge is 0.697 e. The second-order valence-corrected chi connectivity index (χ2v) is 5.96. The van der Waals surface area contributed by atoms with Crippen LogP contribution in [0, 0.1) is 5.82 Å². The fraction of sp³-hybridized carbons (Fsp3) is 0.250. The van der Waals surface area contributed by atoms with E-state index < -0.39 is 35.9 Å². The molecule has 0 aliphatic heterocycles. The summed E-state index contributed by atoms with van der Waals surface area (Å²) in [5.74, 6) is -0.963. The summed E-state index contributed by atoms with van der Waals surface area (Å²) < 4.78 is 55.4. The minimum absolute atomic E-state index is 0.170. The van der Waals surface area contributed by atoms with Crippen molar-refractivity contribution in [3.8, 4) is 0 Å². The van der Waals surface area contributed by atoms with Crippen molar-refractivity contribution in [3.63, 3.8) is 0 Å². The van der Waals surface area contributed by atoms with Gasteiger partial charge in [-0.05, 0) is 18.4 Å². The minimum atomic E-state index is -4.39. The summed E-state index contributed by atoms with van der Waals surface area (Å²) in [5, 5.41) is 0. The van der Waals surface area contributed by atoms with E-state index in [1.807, 2.05) is 0 Å². The number of hydrogen-bond donors (Lipinski definition) is 1. The first-order valence-electron chi connectivity index (χ1n) is 4.39. The first kappa shape index (κ1) is 15.5. The molecule has 18 heavy (non-hydrogen) atoms. The lowest BCUT2D eigenvalue weighted by atomic mass is 10.3. The molecule has 10 heteroatoms. The molecule has 0 amide bonds. The van der Waals surface area contributed by atoms with Gasteiger partial charge in [0.1, 0.15) is 10.7 Å². The Hall–Kier alpha value is -0.570. The summed E-state index contributed by atoms with van der Waals surface area (Å²) >= 11 is 1.03. The monoisotopic (exact) mass is 315 g/mol. The van der Waals surface area contributed by atoms with Crippen LogP contribution in [-0.2, 0) is 23.4 Å². The summed E-state index contributed by atoms with van der Waals surface area (Å²) in [7, 11) is -7.37. The molecule has 1 atom stereocenters. The van der Waals surface area contributed by atoms with Crippen LogP contribution in [0.2, 0.25) is 0 Å². The predicted octanol–water partition coefficient (Wildman–Crippen LogP) is 1.88. The van der Waals surface area contributed by atoms with Crippen LogP contribution in [0.15, 0.2) is 28.0 Å². The predicted molar refractivity (Wildman–Crippen MR) is 62.2 cm³/mol. The van der Waals surface area contributed by atoms with Gasteiger partial charge in [-0.3, -0.25) is 0 Å². The van der Waals surface area contributed by atoms with Gasteiger partial charge in [0, 0.05) is 9.46 Å². The SMILES string of the molecule is CSc1cccc(F)c1S(=O)(=O)OCO[P+](=O)O. The molecular weight excluding hydrogens is 306 g/mol. The molecule has 1 aromatic rings. The van der Waals surface area contributed by atoms with Crippen molar-refractivity contribution in [3.05, 3.63) is 24.0 Å². The molecule has 0 spiro atoms. The van der Waals surface area contributed by atoms with Crippen molar-refractivity contribution in [1.82, 2.24) is 0 Å². The Balaban J connectivity index is 3.01. The highest BCUT2D eigenvalue weighted by Crippen LogP contribution is 2.29. The van der Waals surface area contributed by atoms with E-state index in [4.69, 9.17) is 4.89 Å². The Morgan fingerprint density at radius 1 is 1.50 bits per heavy atom. The molecule has 1 unspecified atom stereocenters. The van der Waals surface area contributed by atoms with Crippen molar-refractivity contribution in [2.45, 2.75) is 9.79 Å². The molecule has 1 aromatic carbocycles. The molecule has 100 valence electrons. The van der Waals surface area contributed by atoms with E-state index in [0.717, 1.165) is 17.8 Å². The van der Waals surface area contributed by atoms with Gasteiger partial charge in [0.25, 0.3) is 0 Å². The van der Waals surface area contributed by atoms with Gasteiger partial charge in [-0.2, -0.15) is 8.42 Å². The molecule has 1 rings (SSSR count). The van der Waals surface area contributed by atoms with Crippen LogP contribution in [0.5, 0.6) is 0 Å². The fourth-order valence-electron chi connectivity index (χ4n) is 1.08. The van der Waals surface area contributed by atoms with Crippen molar-refractivity contribution in [1.29, 1.82) is 0 Å². The Labute approximate surface area is 108 Å². The van der Waals surface area contributed by atoms with Crippen LogP contribution in [0.25, 0.3) is 0 Å². The summed E-state index contributed by atoms with van der Waals surface area (Å²) in [6, 6.07) is 3.75. The zero-order valence-electron chi connectivity index (χ0n) is 9.07. The zero-order valence-corrected chi connectivity index (χ0v) is 11.6. The molecule has 1 N–H and O–H groups in total. The van der Waals surface area contributed by atoms with Gasteiger partial charge in [-0.15, -0.1) is 16.7 Å². The van der Waals surface area contributed by atoms with Gasteiger partial charge < -0.3 is 0 Å². The summed E-state index contributed by atoms with van der Waals surface area (Å²) in [6.45, 7) is -0.962. The minimum Gasteiger partial charge on any atom is -0.232 e. The smallest absolute Gasteiger partial charge is 0.232 e. The Morgan fingerprint density at radius 3 is 2.72 bits per heavy atom. The molecule has 0 fully saturated rings. The van der Waals surface area contributed by atoms with E-state index >= 15 is 0 Å². The van der Waals surface area contributed by atoms with Crippen LogP contribution in [0.4, 0.5) is 4.39 Å². The van der Waals surface area contributed by atoms with Crippen molar-refractivity contribution in [2.24, 2.45) is 0 Å². The third-order valence-corrected chi connectivity index (χ3v) is 4.32. The third-order valence-electron chi connectivity index (χ3n) is 1.77. The molecule has 0 aliphatic rings. The number of hydrogen-bond acceptors (Lipinski definition) is 6. The molecule has 0 aromatic heterocycles. The molecule has 0 aliphatic carbocycles. The maximum atomic E-state index is 13.5.